The van der Waals surface area contributed by atoms with Gasteiger partial charge in [0, 0.05) is 13.1 Å². The van der Waals surface area contributed by atoms with E-state index in [2.05, 4.69) is 15.2 Å². The highest BCUT2D eigenvalue weighted by Gasteiger charge is 2.34. The highest BCUT2D eigenvalue weighted by Crippen LogP contribution is 2.35. The minimum Gasteiger partial charge on any atom is -0.483 e. The van der Waals surface area contributed by atoms with Gasteiger partial charge in [-0.15, -0.1) is 0 Å². The van der Waals surface area contributed by atoms with Crippen LogP contribution in [0.25, 0.3) is 0 Å². The molecule has 0 aliphatic carbocycles. The summed E-state index contributed by atoms with van der Waals surface area (Å²) in [6.07, 6.45) is -0.745. The maximum atomic E-state index is 12.9. The first kappa shape index (κ1) is 18.0. The molecule has 0 saturated carbocycles. The summed E-state index contributed by atoms with van der Waals surface area (Å²) in [6, 6.07) is 8.30. The number of rotatable bonds is 5. The highest BCUT2D eigenvalue weighted by atomic mass is 19.4. The van der Waals surface area contributed by atoms with Crippen LogP contribution in [0.2, 0.25) is 0 Å². The number of amides is 1. The molecule has 138 valence electrons. The lowest BCUT2D eigenvalue weighted by molar-refractivity contribution is -0.139. The van der Waals surface area contributed by atoms with Crippen molar-refractivity contribution in [3.8, 4) is 5.75 Å². The Balaban J connectivity index is 1.56. The summed E-state index contributed by atoms with van der Waals surface area (Å²) in [5, 5.41) is 2.56. The van der Waals surface area contributed by atoms with Gasteiger partial charge < -0.3 is 15.0 Å². The summed E-state index contributed by atoms with van der Waals surface area (Å²) >= 11 is 0. The van der Waals surface area contributed by atoms with E-state index in [1.807, 2.05) is 0 Å². The van der Waals surface area contributed by atoms with Gasteiger partial charge in [-0.2, -0.15) is 13.2 Å². The van der Waals surface area contributed by atoms with Crippen LogP contribution in [0.15, 0.2) is 42.6 Å². The van der Waals surface area contributed by atoms with Crippen molar-refractivity contribution < 1.29 is 22.7 Å². The molecule has 1 aliphatic heterocycles. The van der Waals surface area contributed by atoms with Gasteiger partial charge in [-0.25, -0.2) is 4.98 Å². The smallest absolute Gasteiger partial charge is 0.419 e. The van der Waals surface area contributed by atoms with E-state index in [-0.39, 0.29) is 5.75 Å². The zero-order valence-electron chi connectivity index (χ0n) is 13.9. The van der Waals surface area contributed by atoms with Crippen molar-refractivity contribution in [2.75, 3.05) is 29.9 Å². The molecular weight excluding hydrogens is 347 g/mol. The Bertz CT molecular complexity index is 757. The fourth-order valence-corrected chi connectivity index (χ4v) is 2.76. The van der Waals surface area contributed by atoms with Crippen molar-refractivity contribution >= 4 is 17.4 Å². The molecule has 0 atom stereocenters. The number of nitrogens with zero attached hydrogens (tertiary/aromatic N) is 2. The molecule has 1 fully saturated rings. The van der Waals surface area contributed by atoms with E-state index in [1.165, 1.54) is 24.4 Å². The fraction of sp³-hybridized carbons (Fsp3) is 0.333. The van der Waals surface area contributed by atoms with Crippen LogP contribution in [0.1, 0.15) is 18.4 Å². The topological polar surface area (TPSA) is 54.5 Å². The number of para-hydroxylation sites is 1. The number of alkyl halides is 3. The monoisotopic (exact) mass is 365 g/mol. The number of ether oxygens (including phenoxy) is 1. The van der Waals surface area contributed by atoms with Gasteiger partial charge in [0.15, 0.2) is 6.61 Å². The molecule has 1 amide bonds. The summed E-state index contributed by atoms with van der Waals surface area (Å²) in [7, 11) is 0. The van der Waals surface area contributed by atoms with Gasteiger partial charge in [-0.05, 0) is 37.1 Å². The van der Waals surface area contributed by atoms with Crippen LogP contribution in [-0.2, 0) is 11.0 Å². The first-order valence-corrected chi connectivity index (χ1v) is 8.23. The Hall–Kier alpha value is -2.77. The minimum atomic E-state index is -4.54. The molecule has 0 spiro atoms. The van der Waals surface area contributed by atoms with Crippen LogP contribution in [0.5, 0.6) is 5.75 Å². The zero-order chi connectivity index (χ0) is 18.6. The average Bonchev–Trinajstić information content (AvgIpc) is 3.15. The van der Waals surface area contributed by atoms with Gasteiger partial charge in [0.1, 0.15) is 11.6 Å². The molecule has 1 aromatic heterocycles. The summed E-state index contributed by atoms with van der Waals surface area (Å²) in [4.78, 5) is 18.4. The van der Waals surface area contributed by atoms with Gasteiger partial charge in [0.25, 0.3) is 5.91 Å². The summed E-state index contributed by atoms with van der Waals surface area (Å²) in [6.45, 7) is 1.40. The quantitative estimate of drug-likeness (QED) is 0.878. The Labute approximate surface area is 148 Å². The average molecular weight is 365 g/mol. The van der Waals surface area contributed by atoms with Crippen molar-refractivity contribution in [2.24, 2.45) is 0 Å². The number of benzene rings is 1. The van der Waals surface area contributed by atoms with Gasteiger partial charge in [-0.1, -0.05) is 12.1 Å². The predicted octanol–water partition coefficient (Wildman–Crippen LogP) is 3.72. The van der Waals surface area contributed by atoms with E-state index in [9.17, 15) is 18.0 Å². The zero-order valence-corrected chi connectivity index (χ0v) is 13.9. The van der Waals surface area contributed by atoms with Crippen LogP contribution in [0, 0.1) is 0 Å². The molecule has 3 rings (SSSR count). The van der Waals surface area contributed by atoms with Crippen LogP contribution in [0.3, 0.4) is 0 Å². The molecule has 5 nitrogen and oxygen atoms in total. The summed E-state index contributed by atoms with van der Waals surface area (Å²) < 4.78 is 43.7. The number of hydrogen-bond donors (Lipinski definition) is 1. The first-order valence-electron chi connectivity index (χ1n) is 8.23. The molecule has 1 saturated heterocycles. The van der Waals surface area contributed by atoms with E-state index in [1.54, 1.807) is 12.1 Å². The van der Waals surface area contributed by atoms with Crippen molar-refractivity contribution in [3.63, 3.8) is 0 Å². The van der Waals surface area contributed by atoms with Crippen molar-refractivity contribution in [2.45, 2.75) is 19.0 Å². The maximum Gasteiger partial charge on any atom is 0.419 e. The lowest BCUT2D eigenvalue weighted by Gasteiger charge is -2.16. The van der Waals surface area contributed by atoms with Crippen LogP contribution in [-0.4, -0.2) is 30.6 Å². The third-order valence-electron chi connectivity index (χ3n) is 4.01. The second kappa shape index (κ2) is 7.63. The van der Waals surface area contributed by atoms with Crippen LogP contribution >= 0.6 is 0 Å². The van der Waals surface area contributed by atoms with Crippen molar-refractivity contribution in [1.29, 1.82) is 0 Å². The molecule has 0 bridgehead atoms. The second-order valence-corrected chi connectivity index (χ2v) is 5.93. The third-order valence-corrected chi connectivity index (χ3v) is 4.01. The lowest BCUT2D eigenvalue weighted by atomic mass is 10.2. The number of aromatic nitrogens is 1. The summed E-state index contributed by atoms with van der Waals surface area (Å²) in [5.74, 6) is -0.0915. The van der Waals surface area contributed by atoms with E-state index >= 15 is 0 Å². The van der Waals surface area contributed by atoms with Crippen molar-refractivity contribution in [1.82, 2.24) is 4.98 Å². The molecule has 1 aliphatic rings. The number of nitrogens with one attached hydrogen (secondary N) is 1. The standard InChI is InChI=1S/C18H18F3N3O2/c19-18(20,21)14-5-1-2-6-15(14)26-12-17(25)23-13-7-8-16(22-11-13)24-9-3-4-10-24/h1-2,5-8,11H,3-4,9-10,12H2,(H,23,25). The highest BCUT2D eigenvalue weighted by molar-refractivity contribution is 5.91. The number of hydrogen-bond acceptors (Lipinski definition) is 4. The molecule has 26 heavy (non-hydrogen) atoms. The SMILES string of the molecule is O=C(COc1ccccc1C(F)(F)F)Nc1ccc(N2CCCC2)nc1. The number of anilines is 2. The fourth-order valence-electron chi connectivity index (χ4n) is 2.76. The van der Waals surface area contributed by atoms with Crippen LogP contribution < -0.4 is 15.0 Å². The molecule has 2 heterocycles. The van der Waals surface area contributed by atoms with E-state index in [0.29, 0.717) is 5.69 Å². The van der Waals surface area contributed by atoms with Gasteiger partial charge in [-0.3, -0.25) is 4.79 Å². The Morgan fingerprint density at radius 2 is 1.88 bits per heavy atom. The number of carbonyl (C=O) groups excluding carboxylic acids is 1. The first-order chi connectivity index (χ1) is 12.4. The molecule has 0 radical (unpaired) electrons. The molecule has 0 unspecified atom stereocenters. The predicted molar refractivity (Wildman–Crippen MR) is 91.3 cm³/mol. The second-order valence-electron chi connectivity index (χ2n) is 5.93. The van der Waals surface area contributed by atoms with Gasteiger partial charge in [0.2, 0.25) is 0 Å². The van der Waals surface area contributed by atoms with E-state index < -0.39 is 24.3 Å². The molecular formula is C18H18F3N3O2. The van der Waals surface area contributed by atoms with E-state index in [4.69, 9.17) is 4.74 Å². The summed E-state index contributed by atoms with van der Waals surface area (Å²) in [5.41, 5.74) is -0.449. The number of carbonyl (C=O) groups is 1. The molecule has 2 aromatic rings. The van der Waals surface area contributed by atoms with Gasteiger partial charge >= 0.3 is 6.18 Å². The lowest BCUT2D eigenvalue weighted by Crippen LogP contribution is -2.22. The Kier molecular flexibility index (Phi) is 5.29. The number of halogens is 3. The van der Waals surface area contributed by atoms with Gasteiger partial charge in [0.05, 0.1) is 17.4 Å². The molecule has 1 N–H and O–H groups in total. The third kappa shape index (κ3) is 4.44. The Morgan fingerprint density at radius 3 is 2.54 bits per heavy atom. The van der Waals surface area contributed by atoms with E-state index in [0.717, 1.165) is 37.8 Å². The van der Waals surface area contributed by atoms with Crippen molar-refractivity contribution in [3.05, 3.63) is 48.2 Å². The number of pyridine rings is 1. The minimum absolute atomic E-state index is 0.377. The largest absolute Gasteiger partial charge is 0.483 e. The Morgan fingerprint density at radius 1 is 1.15 bits per heavy atom. The normalized spacial score (nSPS) is 14.3. The molecule has 1 aromatic carbocycles. The molecule has 8 heteroatoms. The maximum absolute atomic E-state index is 12.9. The van der Waals surface area contributed by atoms with Crippen LogP contribution in [0.4, 0.5) is 24.7 Å².